The zero-order valence-corrected chi connectivity index (χ0v) is 17.3. The number of benzene rings is 1. The van der Waals surface area contributed by atoms with Crippen molar-refractivity contribution in [2.45, 2.75) is 45.2 Å². The molecule has 154 valence electrons. The number of carbonyl (C=O) groups is 2. The van der Waals surface area contributed by atoms with E-state index in [-0.39, 0.29) is 24.4 Å². The molecule has 2 saturated heterocycles. The van der Waals surface area contributed by atoms with Crippen molar-refractivity contribution in [1.29, 1.82) is 0 Å². The highest BCUT2D eigenvalue weighted by Crippen LogP contribution is 2.36. The lowest BCUT2D eigenvalue weighted by atomic mass is 9.79. The molecule has 0 saturated carbocycles. The van der Waals surface area contributed by atoms with Crippen LogP contribution >= 0.6 is 0 Å². The molecule has 0 spiro atoms. The van der Waals surface area contributed by atoms with Gasteiger partial charge in [-0.3, -0.25) is 9.69 Å². The summed E-state index contributed by atoms with van der Waals surface area (Å²) in [5, 5.41) is 2.98. The Morgan fingerprint density at radius 2 is 1.89 bits per heavy atom. The van der Waals surface area contributed by atoms with Crippen molar-refractivity contribution in [2.75, 3.05) is 33.9 Å². The third-order valence-electron chi connectivity index (χ3n) is 6.06. The molecular formula is C21H31N3O4. The number of rotatable bonds is 7. The maximum Gasteiger partial charge on any atom is 0.325 e. The van der Waals surface area contributed by atoms with Crippen molar-refractivity contribution >= 4 is 11.9 Å². The topological polar surface area (TPSA) is 71.1 Å². The van der Waals surface area contributed by atoms with Gasteiger partial charge in [-0.25, -0.2) is 4.79 Å². The van der Waals surface area contributed by atoms with Gasteiger partial charge in [0, 0.05) is 5.56 Å². The molecule has 2 aliphatic rings. The van der Waals surface area contributed by atoms with Crippen molar-refractivity contribution in [2.24, 2.45) is 5.92 Å². The molecule has 1 N–H and O–H groups in total. The van der Waals surface area contributed by atoms with Gasteiger partial charge >= 0.3 is 6.03 Å². The SMILES string of the molecule is CCCN1CCC([C@]2(C)NC(=O)N(Cc3cccc(OC)c3OC)C2=O)CC1. The van der Waals surface area contributed by atoms with Gasteiger partial charge in [-0.2, -0.15) is 0 Å². The second-order valence-electron chi connectivity index (χ2n) is 7.79. The van der Waals surface area contributed by atoms with Crippen LogP contribution in [0.4, 0.5) is 4.79 Å². The van der Waals surface area contributed by atoms with E-state index in [0.29, 0.717) is 11.5 Å². The fourth-order valence-corrected chi connectivity index (χ4v) is 4.43. The Morgan fingerprint density at radius 1 is 1.18 bits per heavy atom. The number of hydrogen-bond donors (Lipinski definition) is 1. The smallest absolute Gasteiger partial charge is 0.325 e. The highest BCUT2D eigenvalue weighted by atomic mass is 16.5. The Morgan fingerprint density at radius 3 is 2.50 bits per heavy atom. The number of likely N-dealkylation sites (tertiary alicyclic amines) is 1. The summed E-state index contributed by atoms with van der Waals surface area (Å²) in [5.74, 6) is 1.12. The average Bonchev–Trinajstić information content (AvgIpc) is 2.92. The first-order valence-corrected chi connectivity index (χ1v) is 10.0. The molecule has 0 radical (unpaired) electrons. The summed E-state index contributed by atoms with van der Waals surface area (Å²) >= 11 is 0. The molecule has 3 rings (SSSR count). The first-order valence-electron chi connectivity index (χ1n) is 10.0. The van der Waals surface area contributed by atoms with Gasteiger partial charge in [-0.05, 0) is 57.8 Å². The number of methoxy groups -OCH3 is 2. The van der Waals surface area contributed by atoms with E-state index in [1.54, 1.807) is 20.3 Å². The van der Waals surface area contributed by atoms with Crippen molar-refractivity contribution < 1.29 is 19.1 Å². The predicted molar refractivity (Wildman–Crippen MR) is 106 cm³/mol. The van der Waals surface area contributed by atoms with E-state index in [4.69, 9.17) is 9.47 Å². The van der Waals surface area contributed by atoms with E-state index in [0.717, 1.165) is 44.5 Å². The normalized spacial score (nSPS) is 23.8. The zero-order valence-electron chi connectivity index (χ0n) is 17.3. The van der Waals surface area contributed by atoms with Crippen molar-refractivity contribution in [3.63, 3.8) is 0 Å². The van der Waals surface area contributed by atoms with Crippen LogP contribution in [0, 0.1) is 5.92 Å². The van der Waals surface area contributed by atoms with E-state index in [1.807, 2.05) is 19.1 Å². The molecule has 1 aromatic rings. The molecule has 0 aliphatic carbocycles. The average molecular weight is 389 g/mol. The number of imide groups is 1. The van der Waals surface area contributed by atoms with Crippen LogP contribution in [0.3, 0.4) is 0 Å². The van der Waals surface area contributed by atoms with Gasteiger partial charge in [0.15, 0.2) is 11.5 Å². The maximum absolute atomic E-state index is 13.3. The van der Waals surface area contributed by atoms with E-state index in [2.05, 4.69) is 17.1 Å². The summed E-state index contributed by atoms with van der Waals surface area (Å²) in [6.07, 6.45) is 2.96. The van der Waals surface area contributed by atoms with Gasteiger partial charge in [0.2, 0.25) is 0 Å². The first kappa shape index (κ1) is 20.5. The largest absolute Gasteiger partial charge is 0.493 e. The van der Waals surface area contributed by atoms with E-state index < -0.39 is 5.54 Å². The molecular weight excluding hydrogens is 358 g/mol. The van der Waals surface area contributed by atoms with Gasteiger partial charge in [-0.15, -0.1) is 0 Å². The molecule has 1 atom stereocenters. The minimum atomic E-state index is -0.846. The Kier molecular flexibility index (Phi) is 6.13. The molecule has 28 heavy (non-hydrogen) atoms. The van der Waals surface area contributed by atoms with Crippen LogP contribution in [0.25, 0.3) is 0 Å². The van der Waals surface area contributed by atoms with E-state index >= 15 is 0 Å². The lowest BCUT2D eigenvalue weighted by Gasteiger charge is -2.38. The van der Waals surface area contributed by atoms with Gasteiger partial charge in [-0.1, -0.05) is 19.1 Å². The number of nitrogens with one attached hydrogen (secondary N) is 1. The Hall–Kier alpha value is -2.28. The number of ether oxygens (including phenoxy) is 2. The second-order valence-corrected chi connectivity index (χ2v) is 7.79. The second kappa shape index (κ2) is 8.39. The number of hydrogen-bond acceptors (Lipinski definition) is 5. The Bertz CT molecular complexity index is 730. The Labute approximate surface area is 167 Å². The minimum Gasteiger partial charge on any atom is -0.493 e. The fraction of sp³-hybridized carbons (Fsp3) is 0.619. The highest BCUT2D eigenvalue weighted by molar-refractivity contribution is 6.07. The summed E-state index contributed by atoms with van der Waals surface area (Å²) < 4.78 is 10.8. The number of piperidine rings is 1. The first-order chi connectivity index (χ1) is 13.4. The van der Waals surface area contributed by atoms with Crippen LogP contribution in [-0.2, 0) is 11.3 Å². The highest BCUT2D eigenvalue weighted by Gasteiger charge is 2.52. The molecule has 2 heterocycles. The molecule has 7 nitrogen and oxygen atoms in total. The quantitative estimate of drug-likeness (QED) is 0.726. The number of para-hydroxylation sites is 1. The molecule has 7 heteroatoms. The van der Waals surface area contributed by atoms with Crippen molar-refractivity contribution in [3.8, 4) is 11.5 Å². The molecule has 3 amide bonds. The summed E-state index contributed by atoms with van der Waals surface area (Å²) in [6.45, 7) is 7.25. The fourth-order valence-electron chi connectivity index (χ4n) is 4.43. The summed E-state index contributed by atoms with van der Waals surface area (Å²) in [5.41, 5.74) is -0.103. The standard InChI is InChI=1S/C21H31N3O4/c1-5-11-23-12-9-16(10-13-23)21(2)19(25)24(20(26)22-21)14-15-7-6-8-17(27-3)18(15)28-4/h6-8,16H,5,9-14H2,1-4H3,(H,22,26)/t21-/m0/s1. The molecule has 0 unspecified atom stereocenters. The third-order valence-corrected chi connectivity index (χ3v) is 6.06. The van der Waals surface area contributed by atoms with Crippen LogP contribution in [0.2, 0.25) is 0 Å². The van der Waals surface area contributed by atoms with Gasteiger partial charge in [0.25, 0.3) is 5.91 Å². The van der Waals surface area contributed by atoms with E-state index in [9.17, 15) is 9.59 Å². The lowest BCUT2D eigenvalue weighted by molar-refractivity contribution is -0.133. The lowest BCUT2D eigenvalue weighted by Crippen LogP contribution is -2.54. The van der Waals surface area contributed by atoms with Gasteiger partial charge in [0.05, 0.1) is 20.8 Å². The minimum absolute atomic E-state index is 0.147. The van der Waals surface area contributed by atoms with Gasteiger partial charge < -0.3 is 19.7 Å². The van der Waals surface area contributed by atoms with Crippen molar-refractivity contribution in [1.82, 2.24) is 15.1 Å². The van der Waals surface area contributed by atoms with Crippen LogP contribution in [0.15, 0.2) is 18.2 Å². The monoisotopic (exact) mass is 389 g/mol. The maximum atomic E-state index is 13.3. The van der Waals surface area contributed by atoms with Crippen molar-refractivity contribution in [3.05, 3.63) is 23.8 Å². The van der Waals surface area contributed by atoms with Crippen LogP contribution < -0.4 is 14.8 Å². The predicted octanol–water partition coefficient (Wildman–Crippen LogP) is 2.64. The van der Waals surface area contributed by atoms with Crippen LogP contribution in [-0.4, -0.2) is 61.1 Å². The molecule has 2 aliphatic heterocycles. The van der Waals surface area contributed by atoms with Crippen LogP contribution in [0.1, 0.15) is 38.7 Å². The number of nitrogens with zero attached hydrogens (tertiary/aromatic N) is 2. The molecule has 0 bridgehead atoms. The Balaban J connectivity index is 1.75. The molecule has 0 aromatic heterocycles. The zero-order chi connectivity index (χ0) is 20.3. The van der Waals surface area contributed by atoms with Crippen LogP contribution in [0.5, 0.6) is 11.5 Å². The summed E-state index contributed by atoms with van der Waals surface area (Å²) in [6, 6.07) is 5.13. The summed E-state index contributed by atoms with van der Waals surface area (Å²) in [4.78, 5) is 29.7. The third kappa shape index (κ3) is 3.68. The molecule has 2 fully saturated rings. The van der Waals surface area contributed by atoms with E-state index in [1.165, 1.54) is 4.90 Å². The summed E-state index contributed by atoms with van der Waals surface area (Å²) in [7, 11) is 3.12. The number of carbonyl (C=O) groups excluding carboxylic acids is 2. The number of urea groups is 1. The van der Waals surface area contributed by atoms with Gasteiger partial charge in [0.1, 0.15) is 5.54 Å². The number of amides is 3. The molecule has 1 aromatic carbocycles.